The van der Waals surface area contributed by atoms with Crippen LogP contribution in [0.25, 0.3) is 10.4 Å². The molecular formula is C11H20N6O2. The Kier molecular flexibility index (Phi) is 7.34. The van der Waals surface area contributed by atoms with E-state index >= 15 is 0 Å². The normalized spacial score (nSPS) is 13.6. The van der Waals surface area contributed by atoms with Crippen LogP contribution in [0.2, 0.25) is 0 Å². The van der Waals surface area contributed by atoms with Gasteiger partial charge in [-0.2, -0.15) is 5.26 Å². The summed E-state index contributed by atoms with van der Waals surface area (Å²) in [7, 11) is 0. The van der Waals surface area contributed by atoms with E-state index in [1.807, 2.05) is 6.07 Å². The third-order valence-corrected chi connectivity index (χ3v) is 2.02. The fraction of sp³-hybridized carbons (Fsp3) is 0.818. The van der Waals surface area contributed by atoms with Gasteiger partial charge >= 0.3 is 6.09 Å². The van der Waals surface area contributed by atoms with Gasteiger partial charge in [-0.25, -0.2) is 4.79 Å². The number of azide groups is 1. The Labute approximate surface area is 112 Å². The van der Waals surface area contributed by atoms with Crippen molar-refractivity contribution in [2.45, 2.75) is 45.4 Å². The van der Waals surface area contributed by atoms with Crippen molar-refractivity contribution >= 4 is 6.09 Å². The number of carbonyl (C=O) groups is 1. The van der Waals surface area contributed by atoms with Crippen molar-refractivity contribution in [3.05, 3.63) is 10.4 Å². The third kappa shape index (κ3) is 8.71. The number of hydrogen-bond donors (Lipinski definition) is 2. The van der Waals surface area contributed by atoms with Crippen molar-refractivity contribution in [3.8, 4) is 6.07 Å². The van der Waals surface area contributed by atoms with Crippen molar-refractivity contribution in [1.29, 1.82) is 5.26 Å². The van der Waals surface area contributed by atoms with Gasteiger partial charge in [-0.15, -0.1) is 0 Å². The quantitative estimate of drug-likeness (QED) is 0.329. The van der Waals surface area contributed by atoms with Gasteiger partial charge in [0.15, 0.2) is 0 Å². The minimum atomic E-state index is -0.582. The highest BCUT2D eigenvalue weighted by Gasteiger charge is 2.22. The lowest BCUT2D eigenvalue weighted by atomic mass is 10.1. The summed E-state index contributed by atoms with van der Waals surface area (Å²) in [5.74, 6) is 0. The molecule has 0 radical (unpaired) electrons. The SMILES string of the molecule is CC(NC(=O)OC(C)(C)C)C(C#N)NCCN=[N+]=[N-]. The minimum absolute atomic E-state index is 0.244. The van der Waals surface area contributed by atoms with Crippen molar-refractivity contribution in [2.75, 3.05) is 13.1 Å². The van der Waals surface area contributed by atoms with Crippen LogP contribution in [-0.4, -0.2) is 36.9 Å². The summed E-state index contributed by atoms with van der Waals surface area (Å²) in [4.78, 5) is 14.1. The third-order valence-electron chi connectivity index (χ3n) is 2.02. The molecular weight excluding hydrogens is 248 g/mol. The molecule has 0 aromatic heterocycles. The summed E-state index contributed by atoms with van der Waals surface area (Å²) in [5, 5.41) is 17.8. The smallest absolute Gasteiger partial charge is 0.407 e. The van der Waals surface area contributed by atoms with E-state index in [-0.39, 0.29) is 6.54 Å². The van der Waals surface area contributed by atoms with Gasteiger partial charge < -0.3 is 15.4 Å². The first-order valence-corrected chi connectivity index (χ1v) is 5.93. The average Bonchev–Trinajstić information content (AvgIpc) is 2.26. The van der Waals surface area contributed by atoms with Crippen LogP contribution in [0.5, 0.6) is 0 Å². The predicted octanol–water partition coefficient (Wildman–Crippen LogP) is 1.69. The maximum absolute atomic E-state index is 11.5. The molecule has 0 aliphatic carbocycles. The van der Waals surface area contributed by atoms with Crippen LogP contribution in [0.1, 0.15) is 27.7 Å². The highest BCUT2D eigenvalue weighted by molar-refractivity contribution is 5.68. The predicted molar refractivity (Wildman–Crippen MR) is 70.2 cm³/mol. The molecule has 106 valence electrons. The van der Waals surface area contributed by atoms with E-state index in [1.165, 1.54) is 0 Å². The van der Waals surface area contributed by atoms with Crippen LogP contribution < -0.4 is 10.6 Å². The number of nitrogens with zero attached hydrogens (tertiary/aromatic N) is 4. The fourth-order valence-corrected chi connectivity index (χ4v) is 1.23. The highest BCUT2D eigenvalue weighted by atomic mass is 16.6. The maximum Gasteiger partial charge on any atom is 0.407 e. The van der Waals surface area contributed by atoms with Gasteiger partial charge in [0.25, 0.3) is 0 Å². The van der Waals surface area contributed by atoms with Gasteiger partial charge in [-0.05, 0) is 33.2 Å². The highest BCUT2D eigenvalue weighted by Crippen LogP contribution is 2.07. The van der Waals surface area contributed by atoms with Crippen LogP contribution >= 0.6 is 0 Å². The molecule has 8 heteroatoms. The Morgan fingerprint density at radius 1 is 1.58 bits per heavy atom. The van der Waals surface area contributed by atoms with Crippen LogP contribution in [0, 0.1) is 11.3 Å². The van der Waals surface area contributed by atoms with Crippen molar-refractivity contribution in [3.63, 3.8) is 0 Å². The zero-order chi connectivity index (χ0) is 14.9. The van der Waals surface area contributed by atoms with Crippen LogP contribution in [0.4, 0.5) is 4.79 Å². The molecule has 0 bridgehead atoms. The molecule has 0 saturated carbocycles. The number of hydrogen-bond acceptors (Lipinski definition) is 5. The molecule has 0 rings (SSSR count). The van der Waals surface area contributed by atoms with Gasteiger partial charge in [-0.3, -0.25) is 0 Å². The number of nitriles is 1. The van der Waals surface area contributed by atoms with Gasteiger partial charge in [0, 0.05) is 18.0 Å². The van der Waals surface area contributed by atoms with E-state index in [2.05, 4.69) is 20.7 Å². The van der Waals surface area contributed by atoms with E-state index in [4.69, 9.17) is 15.5 Å². The molecule has 1 amide bonds. The molecule has 0 aromatic rings. The van der Waals surface area contributed by atoms with Gasteiger partial charge in [0.1, 0.15) is 11.6 Å². The standard InChI is InChI=1S/C11H20N6O2/c1-8(16-10(18)19-11(2,3)4)9(7-12)14-5-6-15-17-13/h8-9,14H,5-6H2,1-4H3,(H,16,18). The minimum Gasteiger partial charge on any atom is -0.444 e. The lowest BCUT2D eigenvalue weighted by Crippen LogP contribution is -2.49. The summed E-state index contributed by atoms with van der Waals surface area (Å²) < 4.78 is 5.09. The number of amides is 1. The monoisotopic (exact) mass is 268 g/mol. The Morgan fingerprint density at radius 3 is 2.68 bits per heavy atom. The first-order chi connectivity index (χ1) is 8.80. The topological polar surface area (TPSA) is 123 Å². The van der Waals surface area contributed by atoms with E-state index in [0.717, 1.165) is 0 Å². The molecule has 0 heterocycles. The van der Waals surface area contributed by atoms with Crippen molar-refractivity contribution < 1.29 is 9.53 Å². The molecule has 0 fully saturated rings. The van der Waals surface area contributed by atoms with E-state index < -0.39 is 23.8 Å². The second kappa shape index (κ2) is 8.19. The number of rotatable bonds is 6. The molecule has 19 heavy (non-hydrogen) atoms. The molecule has 0 spiro atoms. The number of nitrogens with one attached hydrogen (secondary N) is 2. The average molecular weight is 268 g/mol. The largest absolute Gasteiger partial charge is 0.444 e. The second-order valence-corrected chi connectivity index (χ2v) is 4.95. The molecule has 2 unspecified atom stereocenters. The number of carbonyl (C=O) groups excluding carboxylic acids is 1. The zero-order valence-corrected chi connectivity index (χ0v) is 11.7. The van der Waals surface area contributed by atoms with Crippen molar-refractivity contribution in [2.24, 2.45) is 5.11 Å². The fourth-order valence-electron chi connectivity index (χ4n) is 1.23. The lowest BCUT2D eigenvalue weighted by molar-refractivity contribution is 0.0503. The molecule has 0 aliphatic heterocycles. The number of alkyl carbamates (subject to hydrolysis) is 1. The molecule has 2 N–H and O–H groups in total. The van der Waals surface area contributed by atoms with Crippen LogP contribution in [0.3, 0.4) is 0 Å². The van der Waals surface area contributed by atoms with Gasteiger partial charge in [0.2, 0.25) is 0 Å². The Morgan fingerprint density at radius 2 is 2.21 bits per heavy atom. The molecule has 0 aliphatic rings. The first-order valence-electron chi connectivity index (χ1n) is 5.93. The van der Waals surface area contributed by atoms with Gasteiger partial charge in [0.05, 0.1) is 12.1 Å². The molecule has 8 nitrogen and oxygen atoms in total. The van der Waals surface area contributed by atoms with E-state index in [0.29, 0.717) is 6.54 Å². The summed E-state index contributed by atoms with van der Waals surface area (Å²) in [5.41, 5.74) is 7.53. The van der Waals surface area contributed by atoms with Crippen LogP contribution in [0.15, 0.2) is 5.11 Å². The lowest BCUT2D eigenvalue weighted by Gasteiger charge is -2.24. The summed E-state index contributed by atoms with van der Waals surface area (Å²) in [6.07, 6.45) is -0.572. The molecule has 0 aromatic carbocycles. The van der Waals surface area contributed by atoms with Crippen LogP contribution in [-0.2, 0) is 4.74 Å². The van der Waals surface area contributed by atoms with Crippen molar-refractivity contribution in [1.82, 2.24) is 10.6 Å². The van der Waals surface area contributed by atoms with Gasteiger partial charge in [-0.1, -0.05) is 5.11 Å². The van der Waals surface area contributed by atoms with E-state index in [9.17, 15) is 4.79 Å². The van der Waals surface area contributed by atoms with E-state index in [1.54, 1.807) is 27.7 Å². The Hall–Kier alpha value is -1.97. The Balaban J connectivity index is 4.21. The second-order valence-electron chi connectivity index (χ2n) is 4.95. The zero-order valence-electron chi connectivity index (χ0n) is 11.7. The maximum atomic E-state index is 11.5. The number of ether oxygens (including phenoxy) is 1. The first kappa shape index (κ1) is 17.0. The summed E-state index contributed by atoms with van der Waals surface area (Å²) >= 11 is 0. The molecule has 2 atom stereocenters. The summed E-state index contributed by atoms with van der Waals surface area (Å²) in [6, 6.07) is 1.02. The Bertz CT molecular complexity index is 378. The molecule has 0 saturated heterocycles. The summed E-state index contributed by atoms with van der Waals surface area (Å²) in [6.45, 7) is 7.58.